The van der Waals surface area contributed by atoms with Gasteiger partial charge in [-0.1, -0.05) is 19.3 Å². The van der Waals surface area contributed by atoms with E-state index in [1.165, 1.54) is 51.4 Å². The molecule has 4 rings (SSSR count). The number of amides is 1. The van der Waals surface area contributed by atoms with Crippen molar-refractivity contribution in [2.24, 2.45) is 16.8 Å². The minimum Gasteiger partial charge on any atom is -0.375 e. The maximum Gasteiger partial charge on any atom is 0.243 e. The Morgan fingerprint density at radius 3 is 2.63 bits per heavy atom. The second-order valence-electron chi connectivity index (χ2n) is 9.45. The molecule has 0 aromatic heterocycles. The molecular weight excluding hydrogens is 340 g/mol. The summed E-state index contributed by atoms with van der Waals surface area (Å²) < 4.78 is 6.18. The number of fused-ring (bicyclic) bond motifs is 2. The lowest BCUT2D eigenvalue weighted by Gasteiger charge is -2.39. The Morgan fingerprint density at radius 1 is 1.15 bits per heavy atom. The molecule has 4 unspecified atom stereocenters. The fourth-order valence-corrected chi connectivity index (χ4v) is 5.73. The van der Waals surface area contributed by atoms with Crippen LogP contribution in [0.3, 0.4) is 0 Å². The number of hydrogen-bond donors (Lipinski definition) is 2. The molecule has 27 heavy (non-hydrogen) atoms. The van der Waals surface area contributed by atoms with Crippen LogP contribution in [-0.2, 0) is 9.53 Å². The number of carbonyl (C=O) groups is 1. The lowest BCUT2D eigenvalue weighted by molar-refractivity contribution is -0.127. The van der Waals surface area contributed by atoms with Crippen molar-refractivity contribution < 1.29 is 9.53 Å². The summed E-state index contributed by atoms with van der Waals surface area (Å²) in [6.45, 7) is 1.03. The van der Waals surface area contributed by atoms with Crippen LogP contribution in [0.15, 0.2) is 4.99 Å². The van der Waals surface area contributed by atoms with Crippen LogP contribution in [0.5, 0.6) is 0 Å². The van der Waals surface area contributed by atoms with Gasteiger partial charge in [0, 0.05) is 32.8 Å². The molecule has 1 spiro atoms. The van der Waals surface area contributed by atoms with E-state index >= 15 is 0 Å². The van der Waals surface area contributed by atoms with E-state index in [-0.39, 0.29) is 18.1 Å². The zero-order valence-corrected chi connectivity index (χ0v) is 17.0. The van der Waals surface area contributed by atoms with Gasteiger partial charge in [0.1, 0.15) is 6.54 Å². The summed E-state index contributed by atoms with van der Waals surface area (Å²) in [6, 6.07) is 0.904. The second-order valence-corrected chi connectivity index (χ2v) is 9.45. The minimum atomic E-state index is 0.0447. The first kappa shape index (κ1) is 19.0. The van der Waals surface area contributed by atoms with Crippen LogP contribution in [0.2, 0.25) is 0 Å². The Bertz CT molecular complexity index is 571. The Morgan fingerprint density at radius 2 is 1.96 bits per heavy atom. The molecule has 0 aromatic rings. The van der Waals surface area contributed by atoms with Crippen molar-refractivity contribution in [3.05, 3.63) is 0 Å². The van der Waals surface area contributed by atoms with Crippen LogP contribution in [-0.4, -0.2) is 61.7 Å². The van der Waals surface area contributed by atoms with E-state index in [9.17, 15) is 4.79 Å². The highest BCUT2D eigenvalue weighted by atomic mass is 16.5. The smallest absolute Gasteiger partial charge is 0.243 e. The van der Waals surface area contributed by atoms with Crippen LogP contribution in [0.4, 0.5) is 0 Å². The van der Waals surface area contributed by atoms with Gasteiger partial charge in [-0.15, -0.1) is 0 Å². The van der Waals surface area contributed by atoms with Crippen LogP contribution >= 0.6 is 0 Å². The average molecular weight is 377 g/mol. The predicted molar refractivity (Wildman–Crippen MR) is 107 cm³/mol. The second kappa shape index (κ2) is 7.98. The zero-order chi connectivity index (χ0) is 18.9. The molecule has 4 aliphatic rings. The van der Waals surface area contributed by atoms with Gasteiger partial charge in [-0.05, 0) is 56.8 Å². The van der Waals surface area contributed by atoms with Crippen LogP contribution in [0.25, 0.3) is 0 Å². The van der Waals surface area contributed by atoms with Gasteiger partial charge in [0.2, 0.25) is 5.91 Å². The summed E-state index contributed by atoms with van der Waals surface area (Å²) in [7, 11) is 3.58. The molecule has 6 nitrogen and oxygen atoms in total. The molecule has 0 radical (unpaired) electrons. The first-order valence-corrected chi connectivity index (χ1v) is 10.9. The van der Waals surface area contributed by atoms with Gasteiger partial charge in [0.15, 0.2) is 5.96 Å². The van der Waals surface area contributed by atoms with Crippen molar-refractivity contribution in [1.29, 1.82) is 0 Å². The Labute approximate surface area is 163 Å². The van der Waals surface area contributed by atoms with Crippen molar-refractivity contribution in [1.82, 2.24) is 15.5 Å². The molecule has 2 N–H and O–H groups in total. The number of nitrogens with zero attached hydrogens (tertiary/aromatic N) is 2. The largest absolute Gasteiger partial charge is 0.375 e. The van der Waals surface area contributed by atoms with Gasteiger partial charge >= 0.3 is 0 Å². The van der Waals surface area contributed by atoms with Gasteiger partial charge in [-0.2, -0.15) is 0 Å². The molecule has 4 fully saturated rings. The first-order chi connectivity index (χ1) is 13.0. The van der Waals surface area contributed by atoms with E-state index in [1.54, 1.807) is 19.0 Å². The van der Waals surface area contributed by atoms with E-state index in [4.69, 9.17) is 4.74 Å². The summed E-state index contributed by atoms with van der Waals surface area (Å²) in [5.74, 6) is 2.55. The van der Waals surface area contributed by atoms with E-state index in [0.717, 1.165) is 37.2 Å². The first-order valence-electron chi connectivity index (χ1n) is 10.9. The molecule has 152 valence electrons. The van der Waals surface area contributed by atoms with E-state index < -0.39 is 0 Å². The predicted octanol–water partition coefficient (Wildman–Crippen LogP) is 2.29. The lowest BCUT2D eigenvalue weighted by atomic mass is 9.89. The Balaban J connectivity index is 1.40. The third-order valence-corrected chi connectivity index (χ3v) is 7.28. The molecule has 1 saturated heterocycles. The third-order valence-electron chi connectivity index (χ3n) is 7.28. The fourth-order valence-electron chi connectivity index (χ4n) is 5.73. The maximum atomic E-state index is 12.1. The van der Waals surface area contributed by atoms with Crippen molar-refractivity contribution in [3.8, 4) is 0 Å². The number of hydrogen-bond acceptors (Lipinski definition) is 3. The normalized spacial score (nSPS) is 34.8. The summed E-state index contributed by atoms with van der Waals surface area (Å²) in [5.41, 5.74) is 0.0902. The quantitative estimate of drug-likeness (QED) is 0.584. The maximum absolute atomic E-state index is 12.1. The van der Waals surface area contributed by atoms with Crippen LogP contribution < -0.4 is 10.6 Å². The molecule has 0 aromatic carbocycles. The molecule has 1 amide bonds. The number of rotatable bonds is 4. The number of aliphatic imine (C=N–C) groups is 1. The molecular formula is C21H36N4O2. The van der Waals surface area contributed by atoms with Gasteiger partial charge < -0.3 is 20.3 Å². The molecule has 2 bridgehead atoms. The number of guanidine groups is 1. The summed E-state index contributed by atoms with van der Waals surface area (Å²) in [6.07, 6.45) is 12.4. The van der Waals surface area contributed by atoms with Gasteiger partial charge in [-0.25, -0.2) is 4.99 Å². The van der Waals surface area contributed by atoms with Crippen molar-refractivity contribution in [3.63, 3.8) is 0 Å². The molecule has 4 atom stereocenters. The third kappa shape index (κ3) is 4.41. The van der Waals surface area contributed by atoms with Crippen LogP contribution in [0, 0.1) is 11.8 Å². The topological polar surface area (TPSA) is 66.0 Å². The highest BCUT2D eigenvalue weighted by molar-refractivity contribution is 5.85. The van der Waals surface area contributed by atoms with Crippen LogP contribution in [0.1, 0.15) is 64.2 Å². The molecule has 1 aliphatic heterocycles. The number of carbonyl (C=O) groups excluding carboxylic acids is 1. The molecule has 3 aliphatic carbocycles. The Hall–Kier alpha value is -1.30. The molecule has 3 saturated carbocycles. The van der Waals surface area contributed by atoms with Gasteiger partial charge in [0.25, 0.3) is 0 Å². The number of nitrogens with one attached hydrogen (secondary N) is 2. The molecule has 1 heterocycles. The fraction of sp³-hybridized carbons (Fsp3) is 0.905. The van der Waals surface area contributed by atoms with E-state index in [0.29, 0.717) is 12.1 Å². The minimum absolute atomic E-state index is 0.0447. The van der Waals surface area contributed by atoms with Crippen molar-refractivity contribution >= 4 is 11.9 Å². The summed E-state index contributed by atoms with van der Waals surface area (Å²) >= 11 is 0. The lowest BCUT2D eigenvalue weighted by Crippen LogP contribution is -2.53. The standard InChI is InChI=1S/C21H36N4O2/c1-25(2)19(26)14-22-20(24-18-12-15-5-6-16(18)11-15)23-17-7-10-27-21(13-17)8-3-4-9-21/h15-18H,3-14H2,1-2H3,(H2,22,23,24). The molecule has 6 heteroatoms. The van der Waals surface area contributed by atoms with Gasteiger partial charge in [0.05, 0.1) is 5.60 Å². The SMILES string of the molecule is CN(C)C(=O)CN=C(NC1CCOC2(CCCC2)C1)NC1CC2CCC1C2. The van der Waals surface area contributed by atoms with Gasteiger partial charge in [-0.3, -0.25) is 4.79 Å². The summed E-state index contributed by atoms with van der Waals surface area (Å²) in [4.78, 5) is 18.3. The highest BCUT2D eigenvalue weighted by Crippen LogP contribution is 2.44. The zero-order valence-electron chi connectivity index (χ0n) is 17.0. The number of ether oxygens (including phenoxy) is 1. The average Bonchev–Trinajstić information content (AvgIpc) is 3.37. The number of likely N-dealkylation sites (N-methyl/N-ethyl adjacent to an activating group) is 1. The van der Waals surface area contributed by atoms with Crippen molar-refractivity contribution in [2.45, 2.75) is 81.9 Å². The van der Waals surface area contributed by atoms with Crippen molar-refractivity contribution in [2.75, 3.05) is 27.2 Å². The van der Waals surface area contributed by atoms with E-state index in [1.807, 2.05) is 0 Å². The Kier molecular flexibility index (Phi) is 5.62. The summed E-state index contributed by atoms with van der Waals surface area (Å²) in [5, 5.41) is 7.37. The highest BCUT2D eigenvalue weighted by Gasteiger charge is 2.42. The monoisotopic (exact) mass is 376 g/mol. The van der Waals surface area contributed by atoms with E-state index in [2.05, 4.69) is 15.6 Å².